The molecule has 21 heavy (non-hydrogen) atoms. The Morgan fingerprint density at radius 3 is 2.48 bits per heavy atom. The molecule has 2 aromatic carbocycles. The van der Waals surface area contributed by atoms with E-state index in [0.29, 0.717) is 18.4 Å². The molecule has 0 spiro atoms. The lowest BCUT2D eigenvalue weighted by molar-refractivity contribution is 0.0260. The summed E-state index contributed by atoms with van der Waals surface area (Å²) in [7, 11) is 0. The van der Waals surface area contributed by atoms with E-state index in [2.05, 4.69) is 17.4 Å². The fourth-order valence-electron chi connectivity index (χ4n) is 2.87. The molecule has 108 valence electrons. The van der Waals surface area contributed by atoms with Gasteiger partial charge >= 0.3 is 0 Å². The molecule has 0 saturated heterocycles. The highest BCUT2D eigenvalue weighted by Crippen LogP contribution is 2.28. The Morgan fingerprint density at radius 1 is 1.05 bits per heavy atom. The minimum absolute atomic E-state index is 0.136. The molecule has 0 fully saturated rings. The maximum Gasteiger partial charge on any atom is 0.251 e. The van der Waals surface area contributed by atoms with Crippen molar-refractivity contribution < 1.29 is 9.90 Å². The maximum absolute atomic E-state index is 12.1. The molecule has 1 unspecified atom stereocenters. The van der Waals surface area contributed by atoms with Gasteiger partial charge < -0.3 is 10.4 Å². The molecule has 1 atom stereocenters. The molecule has 2 aromatic rings. The minimum atomic E-state index is -0.848. The molecular weight excluding hydrogens is 262 g/mol. The highest BCUT2D eigenvalue weighted by atomic mass is 16.3. The van der Waals surface area contributed by atoms with Crippen LogP contribution in [0.25, 0.3) is 0 Å². The summed E-state index contributed by atoms with van der Waals surface area (Å²) < 4.78 is 0. The number of fused-ring (bicyclic) bond motifs is 1. The van der Waals surface area contributed by atoms with Crippen LogP contribution in [0, 0.1) is 0 Å². The third kappa shape index (κ3) is 3.14. The Morgan fingerprint density at radius 2 is 1.71 bits per heavy atom. The van der Waals surface area contributed by atoms with Crippen molar-refractivity contribution in [2.24, 2.45) is 0 Å². The molecule has 1 amide bonds. The highest BCUT2D eigenvalue weighted by Gasteiger charge is 2.32. The maximum atomic E-state index is 12.1. The van der Waals surface area contributed by atoms with Crippen LogP contribution in [0.15, 0.2) is 54.6 Å². The number of carbonyl (C=O) groups excluding carboxylic acids is 1. The number of rotatable bonds is 3. The molecule has 2 N–H and O–H groups in total. The van der Waals surface area contributed by atoms with Gasteiger partial charge in [0.2, 0.25) is 0 Å². The van der Waals surface area contributed by atoms with Gasteiger partial charge in [-0.05, 0) is 36.1 Å². The average molecular weight is 281 g/mol. The summed E-state index contributed by atoms with van der Waals surface area (Å²) in [6.45, 7) is 0.287. The lowest BCUT2D eigenvalue weighted by Crippen LogP contribution is -2.46. The van der Waals surface area contributed by atoms with E-state index in [9.17, 15) is 9.90 Å². The van der Waals surface area contributed by atoms with E-state index in [1.165, 1.54) is 11.1 Å². The standard InChI is InChI=1S/C18H19NO2/c20-17(15-7-2-1-3-8-15)19-13-18(21)11-10-14-6-4-5-9-16(14)12-18/h1-9,21H,10-13H2,(H,19,20). The van der Waals surface area contributed by atoms with Gasteiger partial charge in [0.25, 0.3) is 5.91 Å². The van der Waals surface area contributed by atoms with Crippen LogP contribution in [-0.2, 0) is 12.8 Å². The zero-order chi connectivity index (χ0) is 14.7. The van der Waals surface area contributed by atoms with Crippen molar-refractivity contribution in [3.8, 4) is 0 Å². The number of hydrogen-bond acceptors (Lipinski definition) is 2. The van der Waals surface area contributed by atoms with Crippen LogP contribution in [0.3, 0.4) is 0 Å². The fraction of sp³-hybridized carbons (Fsp3) is 0.278. The Labute approximate surface area is 124 Å². The molecule has 0 aliphatic heterocycles. The van der Waals surface area contributed by atoms with Crippen LogP contribution < -0.4 is 5.32 Å². The number of benzene rings is 2. The van der Waals surface area contributed by atoms with E-state index in [1.54, 1.807) is 12.1 Å². The molecule has 3 rings (SSSR count). The quantitative estimate of drug-likeness (QED) is 0.907. The predicted octanol–water partition coefficient (Wildman–Crippen LogP) is 2.34. The van der Waals surface area contributed by atoms with Crippen molar-refractivity contribution >= 4 is 5.91 Å². The molecule has 0 bridgehead atoms. The number of amides is 1. The van der Waals surface area contributed by atoms with Gasteiger partial charge in [-0.25, -0.2) is 0 Å². The summed E-state index contributed by atoms with van der Waals surface area (Å²) in [5.74, 6) is -0.136. The Bertz CT molecular complexity index is 639. The topological polar surface area (TPSA) is 49.3 Å². The van der Waals surface area contributed by atoms with Crippen LogP contribution in [0.2, 0.25) is 0 Å². The third-order valence-electron chi connectivity index (χ3n) is 4.11. The molecule has 3 heteroatoms. The van der Waals surface area contributed by atoms with Gasteiger partial charge in [0.15, 0.2) is 0 Å². The zero-order valence-corrected chi connectivity index (χ0v) is 11.9. The fourth-order valence-corrected chi connectivity index (χ4v) is 2.87. The Hall–Kier alpha value is -2.13. The Kier molecular flexibility index (Phi) is 3.76. The van der Waals surface area contributed by atoms with Gasteiger partial charge in [-0.1, -0.05) is 42.5 Å². The lowest BCUT2D eigenvalue weighted by Gasteiger charge is -2.33. The number of nitrogens with one attached hydrogen (secondary N) is 1. The predicted molar refractivity (Wildman–Crippen MR) is 82.2 cm³/mol. The first-order valence-corrected chi connectivity index (χ1v) is 7.29. The Balaban J connectivity index is 1.65. The van der Waals surface area contributed by atoms with E-state index in [4.69, 9.17) is 0 Å². The van der Waals surface area contributed by atoms with E-state index in [-0.39, 0.29) is 12.5 Å². The summed E-state index contributed by atoms with van der Waals surface area (Å²) in [6.07, 6.45) is 2.13. The van der Waals surface area contributed by atoms with Crippen LogP contribution in [0.1, 0.15) is 27.9 Å². The SMILES string of the molecule is O=C(NCC1(O)CCc2ccccc2C1)c1ccccc1. The normalized spacial score (nSPS) is 20.6. The van der Waals surface area contributed by atoms with Gasteiger partial charge in [0.05, 0.1) is 5.60 Å². The van der Waals surface area contributed by atoms with Gasteiger partial charge in [-0.2, -0.15) is 0 Å². The van der Waals surface area contributed by atoms with Crippen molar-refractivity contribution in [3.63, 3.8) is 0 Å². The second kappa shape index (κ2) is 5.70. The molecule has 0 aromatic heterocycles. The first-order valence-electron chi connectivity index (χ1n) is 7.29. The van der Waals surface area contributed by atoms with Crippen LogP contribution in [-0.4, -0.2) is 23.2 Å². The largest absolute Gasteiger partial charge is 0.388 e. The summed E-state index contributed by atoms with van der Waals surface area (Å²) >= 11 is 0. The van der Waals surface area contributed by atoms with Gasteiger partial charge in [0, 0.05) is 18.5 Å². The second-order valence-electron chi connectivity index (χ2n) is 5.72. The van der Waals surface area contributed by atoms with Gasteiger partial charge in [0.1, 0.15) is 0 Å². The first kappa shape index (κ1) is 13.8. The number of hydrogen-bond donors (Lipinski definition) is 2. The van der Waals surface area contributed by atoms with Crippen molar-refractivity contribution in [2.75, 3.05) is 6.54 Å². The zero-order valence-electron chi connectivity index (χ0n) is 11.9. The van der Waals surface area contributed by atoms with E-state index in [0.717, 1.165) is 6.42 Å². The highest BCUT2D eigenvalue weighted by molar-refractivity contribution is 5.94. The van der Waals surface area contributed by atoms with Crippen LogP contribution in [0.5, 0.6) is 0 Å². The smallest absolute Gasteiger partial charge is 0.251 e. The minimum Gasteiger partial charge on any atom is -0.388 e. The summed E-state index contributed by atoms with van der Waals surface area (Å²) in [6, 6.07) is 17.3. The summed E-state index contributed by atoms with van der Waals surface area (Å²) in [5.41, 5.74) is 2.26. The molecule has 1 aliphatic carbocycles. The molecule has 0 radical (unpaired) electrons. The average Bonchev–Trinajstić information content (AvgIpc) is 2.53. The van der Waals surface area contributed by atoms with Crippen LogP contribution >= 0.6 is 0 Å². The van der Waals surface area contributed by atoms with Crippen LogP contribution in [0.4, 0.5) is 0 Å². The molecule has 0 heterocycles. The number of aliphatic hydroxyl groups is 1. The summed E-state index contributed by atoms with van der Waals surface area (Å²) in [4.78, 5) is 12.1. The van der Waals surface area contributed by atoms with E-state index < -0.39 is 5.60 Å². The molecule has 1 aliphatic rings. The number of carbonyl (C=O) groups is 1. The number of aryl methyl sites for hydroxylation is 1. The molecule has 0 saturated carbocycles. The van der Waals surface area contributed by atoms with Crippen molar-refractivity contribution in [1.29, 1.82) is 0 Å². The van der Waals surface area contributed by atoms with Crippen molar-refractivity contribution in [1.82, 2.24) is 5.32 Å². The monoisotopic (exact) mass is 281 g/mol. The third-order valence-corrected chi connectivity index (χ3v) is 4.11. The second-order valence-corrected chi connectivity index (χ2v) is 5.72. The molecular formula is C18H19NO2. The summed E-state index contributed by atoms with van der Waals surface area (Å²) in [5, 5.41) is 13.6. The van der Waals surface area contributed by atoms with Gasteiger partial charge in [-0.15, -0.1) is 0 Å². The van der Waals surface area contributed by atoms with E-state index >= 15 is 0 Å². The van der Waals surface area contributed by atoms with Crippen molar-refractivity contribution in [2.45, 2.75) is 24.9 Å². The van der Waals surface area contributed by atoms with Crippen molar-refractivity contribution in [3.05, 3.63) is 71.3 Å². The van der Waals surface area contributed by atoms with E-state index in [1.807, 2.05) is 30.3 Å². The molecule has 3 nitrogen and oxygen atoms in total. The lowest BCUT2D eigenvalue weighted by atomic mass is 9.80. The first-order chi connectivity index (χ1) is 10.2. The van der Waals surface area contributed by atoms with Gasteiger partial charge in [-0.3, -0.25) is 4.79 Å².